The summed E-state index contributed by atoms with van der Waals surface area (Å²) < 4.78 is 0.733. The molecular weight excluding hydrogens is 289 g/mol. The first kappa shape index (κ1) is 13.0. The van der Waals surface area contributed by atoms with Crippen LogP contribution in [0.1, 0.15) is 5.56 Å². The lowest BCUT2D eigenvalue weighted by atomic mass is 10.2. The molecule has 0 aliphatic carbocycles. The van der Waals surface area contributed by atoms with Gasteiger partial charge < -0.3 is 5.32 Å². The Morgan fingerprint density at radius 2 is 2.31 bits per heavy atom. The molecule has 0 bridgehead atoms. The number of amides is 1. The van der Waals surface area contributed by atoms with E-state index < -0.39 is 0 Å². The quantitative estimate of drug-likeness (QED) is 0.849. The molecule has 2 nitrogen and oxygen atoms in total. The maximum atomic E-state index is 11.3. The standard InChI is InChI=1S/C12H11BrClNO/c1-9(13)8-15-12(16)6-5-10-3-2-4-11(14)7-10/h2-7H,1,8H2,(H,15,16)/b6-5+. The van der Waals surface area contributed by atoms with Crippen LogP contribution in [0.4, 0.5) is 0 Å². The molecule has 1 N–H and O–H groups in total. The summed E-state index contributed by atoms with van der Waals surface area (Å²) >= 11 is 8.97. The molecule has 84 valence electrons. The Kier molecular flexibility index (Phi) is 5.29. The molecule has 4 heteroatoms. The Balaban J connectivity index is 2.53. The van der Waals surface area contributed by atoms with Crippen LogP contribution in [0.2, 0.25) is 5.02 Å². The second-order valence-electron chi connectivity index (χ2n) is 3.12. The van der Waals surface area contributed by atoms with Crippen LogP contribution in [0.25, 0.3) is 6.08 Å². The molecular formula is C12H11BrClNO. The fraction of sp³-hybridized carbons (Fsp3) is 0.0833. The molecule has 1 amide bonds. The molecule has 0 saturated heterocycles. The van der Waals surface area contributed by atoms with Gasteiger partial charge in [0.2, 0.25) is 5.91 Å². The van der Waals surface area contributed by atoms with Crippen molar-refractivity contribution < 1.29 is 4.79 Å². The summed E-state index contributed by atoms with van der Waals surface area (Å²) in [5.41, 5.74) is 0.889. The zero-order valence-corrected chi connectivity index (χ0v) is 10.9. The number of carbonyl (C=O) groups is 1. The van der Waals surface area contributed by atoms with Crippen LogP contribution in [0.5, 0.6) is 0 Å². The summed E-state index contributed by atoms with van der Waals surface area (Å²) in [6.45, 7) is 4.03. The van der Waals surface area contributed by atoms with Crippen LogP contribution in [-0.4, -0.2) is 12.5 Å². The highest BCUT2D eigenvalue weighted by Crippen LogP contribution is 2.11. The van der Waals surface area contributed by atoms with Gasteiger partial charge in [-0.2, -0.15) is 0 Å². The highest BCUT2D eigenvalue weighted by atomic mass is 79.9. The average Bonchev–Trinajstić information content (AvgIpc) is 2.23. The van der Waals surface area contributed by atoms with Crippen LogP contribution in [0.15, 0.2) is 41.4 Å². The van der Waals surface area contributed by atoms with Crippen LogP contribution in [0, 0.1) is 0 Å². The lowest BCUT2D eigenvalue weighted by molar-refractivity contribution is -0.116. The van der Waals surface area contributed by atoms with E-state index in [4.69, 9.17) is 11.6 Å². The van der Waals surface area contributed by atoms with Crippen molar-refractivity contribution in [1.29, 1.82) is 0 Å². The molecule has 0 spiro atoms. The first-order chi connectivity index (χ1) is 7.58. The van der Waals surface area contributed by atoms with Gasteiger partial charge >= 0.3 is 0 Å². The number of hydrogen-bond donors (Lipinski definition) is 1. The van der Waals surface area contributed by atoms with Crippen molar-refractivity contribution in [2.24, 2.45) is 0 Å². The monoisotopic (exact) mass is 299 g/mol. The first-order valence-corrected chi connectivity index (χ1v) is 5.80. The van der Waals surface area contributed by atoms with Gasteiger partial charge in [0.05, 0.1) is 0 Å². The summed E-state index contributed by atoms with van der Waals surface area (Å²) in [5, 5.41) is 3.31. The van der Waals surface area contributed by atoms with Crippen molar-refractivity contribution in [3.05, 3.63) is 52.0 Å². The zero-order valence-electron chi connectivity index (χ0n) is 8.54. The van der Waals surface area contributed by atoms with Crippen molar-refractivity contribution in [3.8, 4) is 0 Å². The number of benzene rings is 1. The highest BCUT2D eigenvalue weighted by molar-refractivity contribution is 9.11. The lowest BCUT2D eigenvalue weighted by Crippen LogP contribution is -2.21. The number of halogens is 2. The third-order valence-corrected chi connectivity index (χ3v) is 2.25. The number of hydrogen-bond acceptors (Lipinski definition) is 1. The van der Waals surface area contributed by atoms with Gasteiger partial charge in [-0.1, -0.05) is 46.2 Å². The Bertz CT molecular complexity index is 429. The minimum absolute atomic E-state index is 0.166. The van der Waals surface area contributed by atoms with E-state index in [1.807, 2.05) is 12.1 Å². The molecule has 0 aliphatic rings. The van der Waals surface area contributed by atoms with E-state index in [0.717, 1.165) is 10.0 Å². The highest BCUT2D eigenvalue weighted by Gasteiger charge is 1.95. The van der Waals surface area contributed by atoms with Crippen LogP contribution >= 0.6 is 27.5 Å². The van der Waals surface area contributed by atoms with Gasteiger partial charge in [-0.05, 0) is 23.8 Å². The molecule has 0 aromatic heterocycles. The van der Waals surface area contributed by atoms with Crippen LogP contribution < -0.4 is 5.32 Å². The summed E-state index contributed by atoms with van der Waals surface area (Å²) in [6.07, 6.45) is 3.17. The van der Waals surface area contributed by atoms with Gasteiger partial charge in [-0.25, -0.2) is 0 Å². The van der Waals surface area contributed by atoms with Crippen molar-refractivity contribution >= 4 is 39.5 Å². The Morgan fingerprint density at radius 3 is 2.94 bits per heavy atom. The number of nitrogens with one attached hydrogen (secondary N) is 1. The first-order valence-electron chi connectivity index (χ1n) is 4.62. The van der Waals surface area contributed by atoms with Gasteiger partial charge in [0.1, 0.15) is 0 Å². The van der Waals surface area contributed by atoms with Crippen molar-refractivity contribution in [2.75, 3.05) is 6.54 Å². The Hall–Kier alpha value is -1.06. The summed E-state index contributed by atoms with van der Waals surface area (Å²) in [5.74, 6) is -0.166. The second-order valence-corrected chi connectivity index (χ2v) is 4.68. The van der Waals surface area contributed by atoms with E-state index in [2.05, 4.69) is 27.8 Å². The molecule has 0 fully saturated rings. The third kappa shape index (κ3) is 5.14. The molecule has 0 radical (unpaired) electrons. The fourth-order valence-electron chi connectivity index (χ4n) is 1.02. The smallest absolute Gasteiger partial charge is 0.244 e. The predicted molar refractivity (Wildman–Crippen MR) is 71.6 cm³/mol. The summed E-state index contributed by atoms with van der Waals surface area (Å²) in [7, 11) is 0. The summed E-state index contributed by atoms with van der Waals surface area (Å²) in [6, 6.07) is 7.28. The topological polar surface area (TPSA) is 29.1 Å². The van der Waals surface area contributed by atoms with Crippen molar-refractivity contribution in [2.45, 2.75) is 0 Å². The van der Waals surface area contributed by atoms with Crippen LogP contribution in [0.3, 0.4) is 0 Å². The molecule has 1 aromatic rings. The largest absolute Gasteiger partial charge is 0.348 e. The summed E-state index contributed by atoms with van der Waals surface area (Å²) in [4.78, 5) is 11.3. The SMILES string of the molecule is C=C(Br)CNC(=O)/C=C/c1cccc(Cl)c1. The maximum Gasteiger partial charge on any atom is 0.244 e. The Labute approximate surface area is 108 Å². The van der Waals surface area contributed by atoms with E-state index in [-0.39, 0.29) is 5.91 Å². The van der Waals surface area contributed by atoms with Gasteiger partial charge in [-0.3, -0.25) is 4.79 Å². The van der Waals surface area contributed by atoms with Crippen molar-refractivity contribution in [1.82, 2.24) is 5.32 Å². The van der Waals surface area contributed by atoms with E-state index >= 15 is 0 Å². The minimum Gasteiger partial charge on any atom is -0.348 e. The maximum absolute atomic E-state index is 11.3. The molecule has 0 atom stereocenters. The lowest BCUT2D eigenvalue weighted by Gasteiger charge is -1.99. The van der Waals surface area contributed by atoms with Crippen LogP contribution in [-0.2, 0) is 4.79 Å². The fourth-order valence-corrected chi connectivity index (χ4v) is 1.36. The molecule has 0 aliphatic heterocycles. The van der Waals surface area contributed by atoms with Crippen molar-refractivity contribution in [3.63, 3.8) is 0 Å². The third-order valence-electron chi connectivity index (χ3n) is 1.73. The zero-order chi connectivity index (χ0) is 12.0. The molecule has 0 saturated carbocycles. The Morgan fingerprint density at radius 1 is 1.56 bits per heavy atom. The molecule has 0 heterocycles. The molecule has 1 aromatic carbocycles. The van der Waals surface area contributed by atoms with E-state index in [1.165, 1.54) is 6.08 Å². The second kappa shape index (κ2) is 6.51. The van der Waals surface area contributed by atoms with E-state index in [0.29, 0.717) is 11.6 Å². The van der Waals surface area contributed by atoms with Gasteiger partial charge in [0.25, 0.3) is 0 Å². The van der Waals surface area contributed by atoms with E-state index in [9.17, 15) is 4.79 Å². The molecule has 0 unspecified atom stereocenters. The van der Waals surface area contributed by atoms with Gasteiger partial charge in [0.15, 0.2) is 0 Å². The molecule has 16 heavy (non-hydrogen) atoms. The molecule has 1 rings (SSSR count). The average molecular weight is 301 g/mol. The van der Waals surface area contributed by atoms with Gasteiger partial charge in [-0.15, -0.1) is 0 Å². The van der Waals surface area contributed by atoms with Gasteiger partial charge in [0, 0.05) is 22.1 Å². The minimum atomic E-state index is -0.166. The predicted octanol–water partition coefficient (Wildman–Crippen LogP) is 3.38. The number of carbonyl (C=O) groups excluding carboxylic acids is 1. The van der Waals surface area contributed by atoms with E-state index in [1.54, 1.807) is 18.2 Å². The number of rotatable bonds is 4. The normalized spacial score (nSPS) is 10.4.